The van der Waals surface area contributed by atoms with Crippen LogP contribution in [0.25, 0.3) is 11.2 Å². The molecule has 0 saturated heterocycles. The van der Waals surface area contributed by atoms with E-state index in [4.69, 9.17) is 0 Å². The molecule has 0 aliphatic rings. The van der Waals surface area contributed by atoms with E-state index in [-0.39, 0.29) is 23.5 Å². The van der Waals surface area contributed by atoms with Gasteiger partial charge < -0.3 is 10.3 Å². The van der Waals surface area contributed by atoms with E-state index in [1.165, 1.54) is 27.6 Å². The van der Waals surface area contributed by atoms with E-state index in [0.29, 0.717) is 17.9 Å². The molecule has 0 atom stereocenters. The van der Waals surface area contributed by atoms with Crippen molar-refractivity contribution in [2.75, 3.05) is 5.32 Å². The van der Waals surface area contributed by atoms with Gasteiger partial charge in [0.15, 0.2) is 5.65 Å². The largest absolute Gasteiger partial charge is 0.336 e. The minimum Gasteiger partial charge on any atom is -0.336 e. The Morgan fingerprint density at radius 3 is 2.56 bits per heavy atom. The van der Waals surface area contributed by atoms with E-state index < -0.39 is 11.2 Å². The summed E-state index contributed by atoms with van der Waals surface area (Å²) in [5.74, 6) is 0.310. The summed E-state index contributed by atoms with van der Waals surface area (Å²) >= 11 is 1.69. The van der Waals surface area contributed by atoms with Gasteiger partial charge in [0.1, 0.15) is 11.3 Å². The number of imidazole rings is 1. The summed E-state index contributed by atoms with van der Waals surface area (Å²) in [6.45, 7) is 4.18. The van der Waals surface area contributed by atoms with E-state index in [9.17, 15) is 14.4 Å². The fraction of sp³-hybridized carbons (Fsp3) is 0.217. The van der Waals surface area contributed by atoms with Crippen LogP contribution in [-0.4, -0.2) is 25.4 Å². The van der Waals surface area contributed by atoms with Crippen molar-refractivity contribution in [2.24, 2.45) is 7.05 Å². The highest BCUT2D eigenvalue weighted by Gasteiger charge is 2.12. The summed E-state index contributed by atoms with van der Waals surface area (Å²) in [5, 5.41) is 2.87. The molecule has 164 valence electrons. The topological polar surface area (TPSA) is 113 Å². The van der Waals surface area contributed by atoms with Crippen LogP contribution in [-0.2, 0) is 18.3 Å². The molecular formula is C23H23N5O3S. The molecule has 0 fully saturated rings. The van der Waals surface area contributed by atoms with Crippen molar-refractivity contribution in [3.63, 3.8) is 0 Å². The zero-order chi connectivity index (χ0) is 22.8. The standard InChI is InChI=1S/C23H23N5O3S/c1-13-4-9-17(14(2)12-13)32-16-7-5-15(6-8-16)24-19(29)11-10-18-25-20-21(26-18)28(3)23(31)27-22(20)30/h4-9,12H,10-11H2,1-3H3,(H,24,29)(H,25,26)(H,27,30,31). The summed E-state index contributed by atoms with van der Waals surface area (Å²) in [6.07, 6.45) is 0.500. The lowest BCUT2D eigenvalue weighted by Crippen LogP contribution is -2.28. The molecule has 0 spiro atoms. The van der Waals surface area contributed by atoms with Crippen LogP contribution >= 0.6 is 11.8 Å². The number of benzene rings is 2. The van der Waals surface area contributed by atoms with Crippen molar-refractivity contribution in [3.05, 3.63) is 80.3 Å². The highest BCUT2D eigenvalue weighted by molar-refractivity contribution is 7.99. The number of rotatable bonds is 6. The number of carbonyl (C=O) groups is 1. The molecule has 0 unspecified atom stereocenters. The molecule has 2 heterocycles. The molecule has 2 aromatic carbocycles. The summed E-state index contributed by atoms with van der Waals surface area (Å²) in [6, 6.07) is 14.1. The van der Waals surface area contributed by atoms with Gasteiger partial charge in [-0.15, -0.1) is 0 Å². The van der Waals surface area contributed by atoms with Gasteiger partial charge in [0, 0.05) is 35.4 Å². The normalized spacial score (nSPS) is 11.1. The fourth-order valence-electron chi connectivity index (χ4n) is 3.37. The van der Waals surface area contributed by atoms with Crippen LogP contribution in [0.5, 0.6) is 0 Å². The summed E-state index contributed by atoms with van der Waals surface area (Å²) < 4.78 is 1.26. The Morgan fingerprint density at radius 1 is 1.09 bits per heavy atom. The van der Waals surface area contributed by atoms with Gasteiger partial charge in [0.25, 0.3) is 5.56 Å². The second kappa shape index (κ2) is 8.88. The van der Waals surface area contributed by atoms with Crippen LogP contribution < -0.4 is 16.6 Å². The Bertz CT molecular complexity index is 1420. The average molecular weight is 450 g/mol. The highest BCUT2D eigenvalue weighted by atomic mass is 32.2. The van der Waals surface area contributed by atoms with Crippen molar-refractivity contribution < 1.29 is 4.79 Å². The molecular weight excluding hydrogens is 426 g/mol. The number of aromatic nitrogens is 4. The number of nitrogens with one attached hydrogen (secondary N) is 3. The predicted molar refractivity (Wildman–Crippen MR) is 125 cm³/mol. The number of aryl methyl sites for hydroxylation is 4. The van der Waals surface area contributed by atoms with Gasteiger partial charge in [-0.1, -0.05) is 29.5 Å². The molecule has 0 radical (unpaired) electrons. The lowest BCUT2D eigenvalue weighted by atomic mass is 10.2. The third kappa shape index (κ3) is 4.67. The summed E-state index contributed by atoms with van der Waals surface area (Å²) in [5.41, 5.74) is 2.62. The van der Waals surface area contributed by atoms with Crippen molar-refractivity contribution in [2.45, 2.75) is 36.5 Å². The van der Waals surface area contributed by atoms with Gasteiger partial charge in [-0.2, -0.15) is 0 Å². The van der Waals surface area contributed by atoms with Gasteiger partial charge in [-0.25, -0.2) is 9.78 Å². The van der Waals surface area contributed by atoms with Crippen molar-refractivity contribution in [3.8, 4) is 0 Å². The third-order valence-corrected chi connectivity index (χ3v) is 6.27. The maximum Gasteiger partial charge on any atom is 0.329 e. The number of nitrogens with zero attached hydrogens (tertiary/aromatic N) is 2. The van der Waals surface area contributed by atoms with Gasteiger partial charge in [0.2, 0.25) is 5.91 Å². The number of carbonyl (C=O) groups excluding carboxylic acids is 1. The first-order valence-corrected chi connectivity index (χ1v) is 10.9. The second-order valence-corrected chi connectivity index (χ2v) is 8.76. The lowest BCUT2D eigenvalue weighted by Gasteiger charge is -2.08. The monoisotopic (exact) mass is 449 g/mol. The van der Waals surface area contributed by atoms with E-state index in [2.05, 4.69) is 52.3 Å². The smallest absolute Gasteiger partial charge is 0.329 e. The fourth-order valence-corrected chi connectivity index (χ4v) is 4.26. The third-order valence-electron chi connectivity index (χ3n) is 5.09. The van der Waals surface area contributed by atoms with Gasteiger partial charge in [-0.3, -0.25) is 19.1 Å². The minimum absolute atomic E-state index is 0.164. The van der Waals surface area contributed by atoms with Crippen LogP contribution in [0.15, 0.2) is 61.8 Å². The number of hydrogen-bond donors (Lipinski definition) is 3. The Hall–Kier alpha value is -3.59. The van der Waals surface area contributed by atoms with Crippen molar-refractivity contribution >= 4 is 34.5 Å². The number of H-pyrrole nitrogens is 2. The van der Waals surface area contributed by atoms with Gasteiger partial charge >= 0.3 is 5.69 Å². The number of amides is 1. The van der Waals surface area contributed by atoms with Gasteiger partial charge in [0.05, 0.1) is 0 Å². The van der Waals surface area contributed by atoms with Gasteiger partial charge in [-0.05, 0) is 49.7 Å². The zero-order valence-electron chi connectivity index (χ0n) is 18.0. The highest BCUT2D eigenvalue weighted by Crippen LogP contribution is 2.31. The number of fused-ring (bicyclic) bond motifs is 1. The maximum absolute atomic E-state index is 12.4. The Kier molecular flexibility index (Phi) is 6.00. The van der Waals surface area contributed by atoms with E-state index in [0.717, 1.165) is 4.90 Å². The zero-order valence-corrected chi connectivity index (χ0v) is 18.8. The Morgan fingerprint density at radius 2 is 1.84 bits per heavy atom. The molecule has 3 N–H and O–H groups in total. The predicted octanol–water partition coefficient (Wildman–Crippen LogP) is 3.29. The molecule has 9 heteroatoms. The molecule has 4 rings (SSSR count). The van der Waals surface area contributed by atoms with Crippen molar-refractivity contribution in [1.82, 2.24) is 19.5 Å². The molecule has 0 bridgehead atoms. The molecule has 0 aliphatic heterocycles. The molecule has 32 heavy (non-hydrogen) atoms. The van der Waals surface area contributed by atoms with Crippen LogP contribution in [0.1, 0.15) is 23.4 Å². The SMILES string of the molecule is Cc1ccc(Sc2ccc(NC(=O)CCc3nc4c([nH]3)c(=O)[nH]c(=O)n4C)cc2)c(C)c1. The van der Waals surface area contributed by atoms with E-state index >= 15 is 0 Å². The first kappa shape index (κ1) is 21.6. The average Bonchev–Trinajstić information content (AvgIpc) is 3.19. The summed E-state index contributed by atoms with van der Waals surface area (Å²) in [7, 11) is 1.53. The van der Waals surface area contributed by atoms with E-state index in [1.54, 1.807) is 11.8 Å². The van der Waals surface area contributed by atoms with Crippen molar-refractivity contribution in [1.29, 1.82) is 0 Å². The number of hydrogen-bond acceptors (Lipinski definition) is 5. The number of aromatic amines is 2. The molecule has 0 aliphatic carbocycles. The van der Waals surface area contributed by atoms with Crippen LogP contribution in [0, 0.1) is 13.8 Å². The molecule has 4 aromatic rings. The van der Waals surface area contributed by atoms with Crippen LogP contribution in [0.2, 0.25) is 0 Å². The quantitative estimate of drug-likeness (QED) is 0.418. The molecule has 0 saturated carbocycles. The van der Waals surface area contributed by atoms with Crippen LogP contribution in [0.3, 0.4) is 0 Å². The maximum atomic E-state index is 12.4. The molecule has 1 amide bonds. The summed E-state index contributed by atoms with van der Waals surface area (Å²) in [4.78, 5) is 47.6. The lowest BCUT2D eigenvalue weighted by molar-refractivity contribution is -0.116. The van der Waals surface area contributed by atoms with Crippen LogP contribution in [0.4, 0.5) is 5.69 Å². The minimum atomic E-state index is -0.530. The first-order valence-electron chi connectivity index (χ1n) is 10.1. The number of anilines is 1. The van der Waals surface area contributed by atoms with E-state index in [1.807, 2.05) is 24.3 Å². The molecule has 2 aromatic heterocycles. The Labute approximate surface area is 188 Å². The first-order chi connectivity index (χ1) is 15.3. The second-order valence-electron chi connectivity index (χ2n) is 7.64. The molecule has 8 nitrogen and oxygen atoms in total. The Balaban J connectivity index is 1.37.